The van der Waals surface area contributed by atoms with Crippen molar-refractivity contribution < 1.29 is 4.79 Å². The zero-order valence-corrected chi connectivity index (χ0v) is 14.3. The zero-order valence-electron chi connectivity index (χ0n) is 14.3. The molecule has 3 aromatic rings. The van der Waals surface area contributed by atoms with Crippen molar-refractivity contribution in [2.45, 2.75) is 13.5 Å². The summed E-state index contributed by atoms with van der Waals surface area (Å²) in [7, 11) is 1.77. The van der Waals surface area contributed by atoms with Crippen molar-refractivity contribution in [1.29, 1.82) is 0 Å². The highest BCUT2D eigenvalue weighted by Gasteiger charge is 2.13. The number of amides is 1. The molecule has 1 aromatic heterocycles. The van der Waals surface area contributed by atoms with Gasteiger partial charge in [0.25, 0.3) is 5.91 Å². The molecular weight excluding hydrogens is 312 g/mol. The van der Waals surface area contributed by atoms with Gasteiger partial charge in [0, 0.05) is 31.7 Å². The second-order valence-electron chi connectivity index (χ2n) is 5.94. The van der Waals surface area contributed by atoms with Gasteiger partial charge in [-0.25, -0.2) is 9.97 Å². The van der Waals surface area contributed by atoms with Crippen molar-refractivity contribution in [3.8, 4) is 0 Å². The SMILES string of the molecule is Cc1cccc(Nc2ncc(C(=O)N(C)Cc3ccccc3)cn2)c1. The van der Waals surface area contributed by atoms with Crippen LogP contribution in [0.2, 0.25) is 0 Å². The molecule has 0 atom stereocenters. The second-order valence-corrected chi connectivity index (χ2v) is 5.94. The largest absolute Gasteiger partial charge is 0.337 e. The van der Waals surface area contributed by atoms with E-state index in [1.165, 1.54) is 0 Å². The van der Waals surface area contributed by atoms with Gasteiger partial charge in [-0.15, -0.1) is 0 Å². The van der Waals surface area contributed by atoms with Crippen LogP contribution in [-0.4, -0.2) is 27.8 Å². The van der Waals surface area contributed by atoms with Gasteiger partial charge in [0.15, 0.2) is 0 Å². The van der Waals surface area contributed by atoms with Crippen LogP contribution in [0.4, 0.5) is 11.6 Å². The van der Waals surface area contributed by atoms with E-state index in [1.807, 2.05) is 61.5 Å². The van der Waals surface area contributed by atoms with Crippen LogP contribution in [0, 0.1) is 6.92 Å². The van der Waals surface area contributed by atoms with E-state index in [0.717, 1.165) is 16.8 Å². The van der Waals surface area contributed by atoms with E-state index in [4.69, 9.17) is 0 Å². The van der Waals surface area contributed by atoms with Gasteiger partial charge in [-0.2, -0.15) is 0 Å². The lowest BCUT2D eigenvalue weighted by atomic mass is 10.2. The molecule has 2 aromatic carbocycles. The normalized spacial score (nSPS) is 10.3. The maximum atomic E-state index is 12.5. The number of carbonyl (C=O) groups is 1. The molecule has 0 saturated heterocycles. The molecule has 1 N–H and O–H groups in total. The third-order valence-corrected chi connectivity index (χ3v) is 3.78. The number of anilines is 2. The topological polar surface area (TPSA) is 58.1 Å². The number of hydrogen-bond donors (Lipinski definition) is 1. The molecule has 0 bridgehead atoms. The first-order valence-electron chi connectivity index (χ1n) is 8.07. The minimum absolute atomic E-state index is 0.106. The molecule has 3 rings (SSSR count). The average Bonchev–Trinajstić information content (AvgIpc) is 2.62. The van der Waals surface area contributed by atoms with Crippen molar-refractivity contribution >= 4 is 17.5 Å². The van der Waals surface area contributed by atoms with E-state index in [2.05, 4.69) is 15.3 Å². The number of benzene rings is 2. The highest BCUT2D eigenvalue weighted by atomic mass is 16.2. The molecule has 1 amide bonds. The van der Waals surface area contributed by atoms with Gasteiger partial charge in [0.05, 0.1) is 5.56 Å². The first-order valence-corrected chi connectivity index (χ1v) is 8.07. The Kier molecular flexibility index (Phi) is 5.04. The predicted octanol–water partition coefficient (Wildman–Crippen LogP) is 3.80. The number of aryl methyl sites for hydroxylation is 1. The maximum Gasteiger partial charge on any atom is 0.257 e. The van der Waals surface area contributed by atoms with Crippen LogP contribution in [-0.2, 0) is 6.54 Å². The van der Waals surface area contributed by atoms with Crippen LogP contribution in [0.25, 0.3) is 0 Å². The van der Waals surface area contributed by atoms with Gasteiger partial charge < -0.3 is 10.2 Å². The molecule has 0 radical (unpaired) electrons. The molecule has 1 heterocycles. The highest BCUT2D eigenvalue weighted by Crippen LogP contribution is 2.14. The first-order chi connectivity index (χ1) is 12.1. The zero-order chi connectivity index (χ0) is 17.6. The average molecular weight is 332 g/mol. The van der Waals surface area contributed by atoms with Crippen LogP contribution < -0.4 is 5.32 Å². The molecule has 0 fully saturated rings. The summed E-state index contributed by atoms with van der Waals surface area (Å²) in [5.41, 5.74) is 3.62. The van der Waals surface area contributed by atoms with E-state index in [9.17, 15) is 4.79 Å². The van der Waals surface area contributed by atoms with Crippen LogP contribution in [0.5, 0.6) is 0 Å². The third kappa shape index (κ3) is 4.41. The summed E-state index contributed by atoms with van der Waals surface area (Å²) in [6.45, 7) is 2.57. The predicted molar refractivity (Wildman–Crippen MR) is 98.7 cm³/mol. The van der Waals surface area contributed by atoms with E-state index < -0.39 is 0 Å². The number of rotatable bonds is 5. The standard InChI is InChI=1S/C20H20N4O/c1-15-7-6-10-18(11-15)23-20-21-12-17(13-22-20)19(25)24(2)14-16-8-4-3-5-9-16/h3-13H,14H2,1-2H3,(H,21,22,23). The number of hydrogen-bond acceptors (Lipinski definition) is 4. The Labute approximate surface area is 147 Å². The summed E-state index contributed by atoms with van der Waals surface area (Å²) < 4.78 is 0. The molecule has 0 spiro atoms. The van der Waals surface area contributed by atoms with Gasteiger partial charge in [-0.3, -0.25) is 4.79 Å². The molecule has 0 aliphatic heterocycles. The first kappa shape index (κ1) is 16.6. The van der Waals surface area contributed by atoms with Crippen molar-refractivity contribution in [2.75, 3.05) is 12.4 Å². The summed E-state index contributed by atoms with van der Waals surface area (Å²) in [6, 6.07) is 17.8. The Balaban J connectivity index is 1.66. The van der Waals surface area contributed by atoms with E-state index >= 15 is 0 Å². The van der Waals surface area contributed by atoms with Crippen LogP contribution in [0.1, 0.15) is 21.5 Å². The Morgan fingerprint density at radius 1 is 1.04 bits per heavy atom. The second kappa shape index (κ2) is 7.57. The molecule has 0 unspecified atom stereocenters. The van der Waals surface area contributed by atoms with Gasteiger partial charge in [0.1, 0.15) is 0 Å². The molecule has 25 heavy (non-hydrogen) atoms. The number of aromatic nitrogens is 2. The van der Waals surface area contributed by atoms with Crippen molar-refractivity contribution in [3.05, 3.63) is 83.7 Å². The summed E-state index contributed by atoms with van der Waals surface area (Å²) >= 11 is 0. The Hall–Kier alpha value is -3.21. The lowest BCUT2D eigenvalue weighted by Gasteiger charge is -2.17. The van der Waals surface area contributed by atoms with Crippen LogP contribution in [0.3, 0.4) is 0 Å². The molecule has 5 heteroatoms. The van der Waals surface area contributed by atoms with E-state index in [-0.39, 0.29) is 5.91 Å². The van der Waals surface area contributed by atoms with E-state index in [0.29, 0.717) is 18.1 Å². The smallest absolute Gasteiger partial charge is 0.257 e. The Morgan fingerprint density at radius 3 is 2.44 bits per heavy atom. The van der Waals surface area contributed by atoms with Gasteiger partial charge >= 0.3 is 0 Å². The van der Waals surface area contributed by atoms with Crippen molar-refractivity contribution in [2.24, 2.45) is 0 Å². The van der Waals surface area contributed by atoms with Crippen molar-refractivity contribution in [1.82, 2.24) is 14.9 Å². The van der Waals surface area contributed by atoms with Gasteiger partial charge in [-0.05, 0) is 30.2 Å². The fraction of sp³-hybridized carbons (Fsp3) is 0.150. The molecule has 0 aliphatic rings. The quantitative estimate of drug-likeness (QED) is 0.772. The third-order valence-electron chi connectivity index (χ3n) is 3.78. The number of carbonyl (C=O) groups excluding carboxylic acids is 1. The highest BCUT2D eigenvalue weighted by molar-refractivity contribution is 5.93. The molecule has 0 saturated carbocycles. The monoisotopic (exact) mass is 332 g/mol. The summed E-state index contributed by atoms with van der Waals surface area (Å²) in [5, 5.41) is 3.13. The molecule has 5 nitrogen and oxygen atoms in total. The minimum atomic E-state index is -0.106. The minimum Gasteiger partial charge on any atom is -0.337 e. The maximum absolute atomic E-state index is 12.5. The Bertz CT molecular complexity index is 847. The summed E-state index contributed by atoms with van der Waals surface area (Å²) in [6.07, 6.45) is 3.10. The van der Waals surface area contributed by atoms with Crippen molar-refractivity contribution in [3.63, 3.8) is 0 Å². The fourth-order valence-electron chi connectivity index (χ4n) is 2.50. The Morgan fingerprint density at radius 2 is 1.76 bits per heavy atom. The van der Waals surface area contributed by atoms with Gasteiger partial charge in [-0.1, -0.05) is 42.5 Å². The molecule has 0 aliphatic carbocycles. The number of nitrogens with one attached hydrogen (secondary N) is 1. The molecule has 126 valence electrons. The van der Waals surface area contributed by atoms with E-state index in [1.54, 1.807) is 24.3 Å². The van der Waals surface area contributed by atoms with Crippen LogP contribution in [0.15, 0.2) is 67.0 Å². The summed E-state index contributed by atoms with van der Waals surface area (Å²) in [5.74, 6) is 0.360. The number of nitrogens with zero attached hydrogens (tertiary/aromatic N) is 3. The fourth-order valence-corrected chi connectivity index (χ4v) is 2.50. The lowest BCUT2D eigenvalue weighted by molar-refractivity contribution is 0.0784. The van der Waals surface area contributed by atoms with Crippen LogP contribution >= 0.6 is 0 Å². The molecular formula is C20H20N4O. The lowest BCUT2D eigenvalue weighted by Crippen LogP contribution is -2.26. The summed E-state index contributed by atoms with van der Waals surface area (Å²) in [4.78, 5) is 22.6. The van der Waals surface area contributed by atoms with Gasteiger partial charge in [0.2, 0.25) is 5.95 Å².